The van der Waals surface area contributed by atoms with Crippen LogP contribution in [0.15, 0.2) is 12.1 Å². The number of nitrogens with two attached hydrogens (primary N) is 1. The lowest BCUT2D eigenvalue weighted by molar-refractivity contribution is 0.250. The number of halogens is 1. The highest BCUT2D eigenvalue weighted by Crippen LogP contribution is 2.35. The van der Waals surface area contributed by atoms with E-state index in [-0.39, 0.29) is 28.8 Å². The minimum absolute atomic E-state index is 0. The van der Waals surface area contributed by atoms with Crippen molar-refractivity contribution in [2.75, 3.05) is 6.61 Å². The van der Waals surface area contributed by atoms with Crippen molar-refractivity contribution in [3.05, 3.63) is 23.3 Å². The van der Waals surface area contributed by atoms with Crippen LogP contribution in [0.4, 0.5) is 0 Å². The van der Waals surface area contributed by atoms with Gasteiger partial charge in [0.25, 0.3) is 0 Å². The minimum Gasteiger partial charge on any atom is -0.504 e. The van der Waals surface area contributed by atoms with Crippen LogP contribution >= 0.6 is 17.0 Å². The Hall–Kier alpha value is -0.740. The van der Waals surface area contributed by atoms with Crippen LogP contribution in [0, 0.1) is 6.92 Å². The van der Waals surface area contributed by atoms with Gasteiger partial charge in [-0.15, -0.1) is 17.0 Å². The van der Waals surface area contributed by atoms with Gasteiger partial charge >= 0.3 is 0 Å². The molecule has 1 aromatic carbocycles. The highest BCUT2D eigenvalue weighted by Gasteiger charge is 2.20. The molecule has 1 atom stereocenters. The third kappa shape index (κ3) is 1.86. The Labute approximate surface area is 93.6 Å². The van der Waals surface area contributed by atoms with Gasteiger partial charge in [-0.2, -0.15) is 0 Å². The van der Waals surface area contributed by atoms with Gasteiger partial charge in [-0.05, 0) is 25.0 Å². The molecule has 14 heavy (non-hydrogen) atoms. The number of hydrogen-bond acceptors (Lipinski definition) is 3. The highest BCUT2D eigenvalue weighted by atomic mass is 79.9. The van der Waals surface area contributed by atoms with Crippen LogP contribution in [0.1, 0.15) is 11.1 Å². The first-order valence-corrected chi connectivity index (χ1v) is 4.38. The summed E-state index contributed by atoms with van der Waals surface area (Å²) in [6.07, 6.45) is 0.787. The van der Waals surface area contributed by atoms with Crippen LogP contribution in [0.3, 0.4) is 0 Å². The van der Waals surface area contributed by atoms with E-state index in [2.05, 4.69) is 0 Å². The third-order valence-electron chi connectivity index (χ3n) is 2.38. The predicted octanol–water partition coefficient (Wildman–Crippen LogP) is 1.54. The lowest BCUT2D eigenvalue weighted by Crippen LogP contribution is -2.34. The number of benzene rings is 1. The van der Waals surface area contributed by atoms with E-state index >= 15 is 0 Å². The summed E-state index contributed by atoms with van der Waals surface area (Å²) < 4.78 is 5.37. The van der Waals surface area contributed by atoms with Crippen molar-refractivity contribution < 1.29 is 9.84 Å². The quantitative estimate of drug-likeness (QED) is 0.744. The highest BCUT2D eigenvalue weighted by molar-refractivity contribution is 8.93. The average Bonchev–Trinajstić information content (AvgIpc) is 2.12. The second-order valence-corrected chi connectivity index (χ2v) is 3.48. The smallest absolute Gasteiger partial charge is 0.164 e. The molecule has 0 aromatic heterocycles. The first-order valence-electron chi connectivity index (χ1n) is 4.38. The van der Waals surface area contributed by atoms with Crippen LogP contribution in [-0.4, -0.2) is 17.8 Å². The fourth-order valence-electron chi connectivity index (χ4n) is 1.64. The number of aromatic hydroxyl groups is 1. The Bertz CT molecular complexity index is 341. The molecule has 1 aliphatic heterocycles. The molecule has 3 N–H and O–H groups in total. The van der Waals surface area contributed by atoms with E-state index in [4.69, 9.17) is 10.5 Å². The van der Waals surface area contributed by atoms with Crippen LogP contribution in [0.5, 0.6) is 11.5 Å². The molecule has 0 fully saturated rings. The Morgan fingerprint density at radius 3 is 2.93 bits per heavy atom. The van der Waals surface area contributed by atoms with Crippen molar-refractivity contribution >= 4 is 17.0 Å². The van der Waals surface area contributed by atoms with Crippen LogP contribution in [0.2, 0.25) is 0 Å². The monoisotopic (exact) mass is 259 g/mol. The Morgan fingerprint density at radius 1 is 1.50 bits per heavy atom. The summed E-state index contributed by atoms with van der Waals surface area (Å²) in [5, 5.41) is 9.50. The van der Waals surface area contributed by atoms with E-state index in [0.29, 0.717) is 12.4 Å². The Kier molecular flexibility index (Phi) is 3.39. The topological polar surface area (TPSA) is 55.5 Å². The van der Waals surface area contributed by atoms with Gasteiger partial charge in [0.1, 0.15) is 6.61 Å². The Balaban J connectivity index is 0.000000980. The van der Waals surface area contributed by atoms with Gasteiger partial charge in [0.05, 0.1) is 0 Å². The number of rotatable bonds is 0. The fourth-order valence-corrected chi connectivity index (χ4v) is 1.64. The van der Waals surface area contributed by atoms with Crippen molar-refractivity contribution in [3.8, 4) is 11.5 Å². The molecule has 1 heterocycles. The van der Waals surface area contributed by atoms with Gasteiger partial charge in [0, 0.05) is 11.6 Å². The van der Waals surface area contributed by atoms with E-state index in [1.54, 1.807) is 6.07 Å². The molecular weight excluding hydrogens is 246 g/mol. The summed E-state index contributed by atoms with van der Waals surface area (Å²) in [6, 6.07) is 3.59. The van der Waals surface area contributed by atoms with Gasteiger partial charge in [0.2, 0.25) is 0 Å². The molecule has 3 nitrogen and oxygen atoms in total. The van der Waals surface area contributed by atoms with E-state index < -0.39 is 0 Å². The minimum atomic E-state index is 0. The van der Waals surface area contributed by atoms with Crippen molar-refractivity contribution in [2.24, 2.45) is 5.73 Å². The van der Waals surface area contributed by atoms with Gasteiger partial charge in [-0.1, -0.05) is 6.07 Å². The van der Waals surface area contributed by atoms with E-state index in [1.165, 1.54) is 0 Å². The summed E-state index contributed by atoms with van der Waals surface area (Å²) in [5.41, 5.74) is 7.93. The van der Waals surface area contributed by atoms with Gasteiger partial charge < -0.3 is 15.6 Å². The molecule has 2 rings (SSSR count). The van der Waals surface area contributed by atoms with Crippen molar-refractivity contribution in [2.45, 2.75) is 19.4 Å². The van der Waals surface area contributed by atoms with E-state index in [0.717, 1.165) is 17.5 Å². The van der Waals surface area contributed by atoms with E-state index in [9.17, 15) is 5.11 Å². The zero-order valence-corrected chi connectivity index (χ0v) is 9.70. The zero-order chi connectivity index (χ0) is 9.42. The Morgan fingerprint density at radius 2 is 2.21 bits per heavy atom. The molecule has 0 aliphatic carbocycles. The molecule has 78 valence electrons. The van der Waals surface area contributed by atoms with E-state index in [1.807, 2.05) is 13.0 Å². The molecule has 0 bridgehead atoms. The predicted molar refractivity (Wildman–Crippen MR) is 60.3 cm³/mol. The lowest BCUT2D eigenvalue weighted by atomic mass is 9.98. The number of hydrogen-bond donors (Lipinski definition) is 2. The first kappa shape index (κ1) is 11.3. The number of phenols is 1. The summed E-state index contributed by atoms with van der Waals surface area (Å²) in [7, 11) is 0. The van der Waals surface area contributed by atoms with Gasteiger partial charge in [-0.25, -0.2) is 0 Å². The summed E-state index contributed by atoms with van der Waals surface area (Å²) in [4.78, 5) is 0. The molecule has 0 spiro atoms. The van der Waals surface area contributed by atoms with Gasteiger partial charge in [0.15, 0.2) is 11.5 Å². The first-order chi connectivity index (χ1) is 6.18. The number of phenolic OH excluding ortho intramolecular Hbond substituents is 1. The number of ether oxygens (including phenoxy) is 1. The van der Waals surface area contributed by atoms with Crippen molar-refractivity contribution in [1.82, 2.24) is 0 Å². The standard InChI is InChI=1S/C10H13NO2.BrH/c1-6-2-3-9(12)10-8(6)4-7(11)5-13-10;/h2-3,7,12H,4-5,11H2,1H3;1H. The molecule has 1 aliphatic rings. The molecule has 0 saturated carbocycles. The molecule has 0 amide bonds. The summed E-state index contributed by atoms with van der Waals surface area (Å²) in [5.74, 6) is 0.828. The van der Waals surface area contributed by atoms with Crippen molar-refractivity contribution in [3.63, 3.8) is 0 Å². The van der Waals surface area contributed by atoms with Crippen molar-refractivity contribution in [1.29, 1.82) is 0 Å². The molecule has 0 saturated heterocycles. The van der Waals surface area contributed by atoms with Crippen LogP contribution in [-0.2, 0) is 6.42 Å². The SMILES string of the molecule is Br.Cc1ccc(O)c2c1CC(N)CO2. The fraction of sp³-hybridized carbons (Fsp3) is 0.400. The summed E-state index contributed by atoms with van der Waals surface area (Å²) in [6.45, 7) is 2.49. The maximum Gasteiger partial charge on any atom is 0.164 e. The zero-order valence-electron chi connectivity index (χ0n) is 7.99. The molecule has 0 radical (unpaired) electrons. The molecule has 4 heteroatoms. The number of aryl methyl sites for hydroxylation is 1. The third-order valence-corrected chi connectivity index (χ3v) is 2.38. The normalized spacial score (nSPS) is 19.1. The average molecular weight is 260 g/mol. The summed E-state index contributed by atoms with van der Waals surface area (Å²) >= 11 is 0. The van der Waals surface area contributed by atoms with Crippen LogP contribution < -0.4 is 10.5 Å². The second kappa shape index (κ2) is 4.19. The largest absolute Gasteiger partial charge is 0.504 e. The van der Waals surface area contributed by atoms with Crippen LogP contribution in [0.25, 0.3) is 0 Å². The lowest BCUT2D eigenvalue weighted by Gasteiger charge is -2.24. The maximum absolute atomic E-state index is 9.50. The van der Waals surface area contributed by atoms with Gasteiger partial charge in [-0.3, -0.25) is 0 Å². The molecule has 1 unspecified atom stereocenters. The molecular formula is C10H14BrNO2. The number of fused-ring (bicyclic) bond motifs is 1. The maximum atomic E-state index is 9.50. The second-order valence-electron chi connectivity index (χ2n) is 3.48. The molecule has 1 aromatic rings.